The summed E-state index contributed by atoms with van der Waals surface area (Å²) in [6.07, 6.45) is 0. The number of carboxylic acids is 1. The highest BCUT2D eigenvalue weighted by molar-refractivity contribution is 6.31. The molecule has 0 spiro atoms. The number of ether oxygens (including phenoxy) is 1. The first kappa shape index (κ1) is 23.9. The molecule has 3 aromatic carbocycles. The second-order valence-corrected chi connectivity index (χ2v) is 9.23. The molecule has 0 radical (unpaired) electrons. The first-order valence-electron chi connectivity index (χ1n) is 10.8. The summed E-state index contributed by atoms with van der Waals surface area (Å²) in [4.78, 5) is 11.2. The molecule has 174 valence electrons. The van der Waals surface area contributed by atoms with E-state index in [1.807, 2.05) is 72.3 Å². The summed E-state index contributed by atoms with van der Waals surface area (Å²) < 4.78 is 7.55. The van der Waals surface area contributed by atoms with Gasteiger partial charge in [0.05, 0.1) is 17.1 Å². The highest BCUT2D eigenvalue weighted by Crippen LogP contribution is 2.38. The average molecular weight is 495 g/mol. The Hall–Kier alpha value is -3.28. The van der Waals surface area contributed by atoms with Crippen molar-refractivity contribution in [3.63, 3.8) is 0 Å². The van der Waals surface area contributed by atoms with Crippen molar-refractivity contribution < 1.29 is 14.6 Å². The minimum absolute atomic E-state index is 0.258. The molecule has 0 bridgehead atoms. The molecule has 0 aliphatic rings. The lowest BCUT2D eigenvalue weighted by Crippen LogP contribution is -2.11. The van der Waals surface area contributed by atoms with Crippen molar-refractivity contribution in [1.29, 1.82) is 0 Å². The molecule has 34 heavy (non-hydrogen) atoms. The van der Waals surface area contributed by atoms with Gasteiger partial charge in [0.2, 0.25) is 0 Å². The Kier molecular flexibility index (Phi) is 6.96. The van der Waals surface area contributed by atoms with Crippen molar-refractivity contribution >= 4 is 29.2 Å². The number of rotatable bonds is 7. The van der Waals surface area contributed by atoms with Crippen LogP contribution in [0.2, 0.25) is 10.0 Å². The number of aliphatic carboxylic acids is 1. The number of carbonyl (C=O) groups is 1. The molecule has 4 rings (SSSR count). The predicted molar refractivity (Wildman–Crippen MR) is 136 cm³/mol. The maximum Gasteiger partial charge on any atom is 0.341 e. The highest BCUT2D eigenvalue weighted by atomic mass is 35.5. The van der Waals surface area contributed by atoms with Gasteiger partial charge in [0.25, 0.3) is 0 Å². The van der Waals surface area contributed by atoms with Gasteiger partial charge in [-0.25, -0.2) is 9.48 Å². The van der Waals surface area contributed by atoms with E-state index in [9.17, 15) is 9.90 Å². The van der Waals surface area contributed by atoms with Crippen molar-refractivity contribution in [2.24, 2.45) is 0 Å². The van der Waals surface area contributed by atoms with Crippen LogP contribution in [0.3, 0.4) is 0 Å². The summed E-state index contributed by atoms with van der Waals surface area (Å²) >= 11 is 12.4. The van der Waals surface area contributed by atoms with Crippen LogP contribution in [0.5, 0.6) is 5.75 Å². The van der Waals surface area contributed by atoms with E-state index in [-0.39, 0.29) is 5.92 Å². The lowest BCUT2D eigenvalue weighted by Gasteiger charge is -2.15. The number of hydrogen-bond donors (Lipinski definition) is 1. The van der Waals surface area contributed by atoms with Crippen LogP contribution in [0.4, 0.5) is 0 Å². The first-order valence-corrected chi connectivity index (χ1v) is 11.6. The van der Waals surface area contributed by atoms with Crippen LogP contribution in [0.25, 0.3) is 28.2 Å². The Morgan fingerprint density at radius 1 is 1.03 bits per heavy atom. The summed E-state index contributed by atoms with van der Waals surface area (Å²) in [7, 11) is 0. The molecule has 1 heterocycles. The van der Waals surface area contributed by atoms with Gasteiger partial charge >= 0.3 is 5.97 Å². The van der Waals surface area contributed by atoms with Gasteiger partial charge < -0.3 is 9.84 Å². The van der Waals surface area contributed by atoms with Crippen molar-refractivity contribution in [2.45, 2.75) is 26.7 Å². The van der Waals surface area contributed by atoms with E-state index in [2.05, 4.69) is 19.9 Å². The molecular formula is C27H24Cl2N2O3. The number of carboxylic acid groups (broad SMARTS) is 1. The van der Waals surface area contributed by atoms with E-state index in [4.69, 9.17) is 33.0 Å². The molecule has 0 aliphatic heterocycles. The molecule has 7 heteroatoms. The van der Waals surface area contributed by atoms with Crippen LogP contribution in [0.1, 0.15) is 30.9 Å². The van der Waals surface area contributed by atoms with Crippen LogP contribution < -0.4 is 4.74 Å². The van der Waals surface area contributed by atoms with Crippen LogP contribution in [0.15, 0.2) is 66.7 Å². The van der Waals surface area contributed by atoms with Gasteiger partial charge in [-0.2, -0.15) is 5.10 Å². The first-order chi connectivity index (χ1) is 16.2. The molecule has 0 aliphatic carbocycles. The normalized spacial score (nSPS) is 11.1. The van der Waals surface area contributed by atoms with Crippen LogP contribution in [-0.2, 0) is 4.79 Å². The quantitative estimate of drug-likeness (QED) is 0.290. The summed E-state index contributed by atoms with van der Waals surface area (Å²) in [5.41, 5.74) is 5.99. The number of aryl methyl sites for hydroxylation is 1. The maximum atomic E-state index is 11.2. The predicted octanol–water partition coefficient (Wildman–Crippen LogP) is 7.41. The number of nitrogens with zero attached hydrogens (tertiary/aromatic N) is 2. The van der Waals surface area contributed by atoms with Crippen LogP contribution in [0, 0.1) is 6.92 Å². The average Bonchev–Trinajstić information content (AvgIpc) is 3.22. The molecule has 0 atom stereocenters. The summed E-state index contributed by atoms with van der Waals surface area (Å²) in [5.74, 6) is -0.289. The zero-order chi connectivity index (χ0) is 24.4. The van der Waals surface area contributed by atoms with Crippen molar-refractivity contribution in [2.75, 3.05) is 6.61 Å². The van der Waals surface area contributed by atoms with E-state index in [1.54, 1.807) is 0 Å². The van der Waals surface area contributed by atoms with Gasteiger partial charge in [0.15, 0.2) is 6.61 Å². The Labute approximate surface area is 208 Å². The summed E-state index contributed by atoms with van der Waals surface area (Å²) in [5, 5.41) is 15.4. The molecular weight excluding hydrogens is 471 g/mol. The second-order valence-electron chi connectivity index (χ2n) is 8.36. The van der Waals surface area contributed by atoms with E-state index >= 15 is 0 Å². The largest absolute Gasteiger partial charge is 0.481 e. The van der Waals surface area contributed by atoms with Gasteiger partial charge in [-0.05, 0) is 66.4 Å². The van der Waals surface area contributed by atoms with E-state index in [0.29, 0.717) is 21.5 Å². The van der Waals surface area contributed by atoms with E-state index < -0.39 is 12.6 Å². The zero-order valence-electron chi connectivity index (χ0n) is 19.0. The number of benzene rings is 3. The van der Waals surface area contributed by atoms with E-state index in [0.717, 1.165) is 33.6 Å². The molecule has 5 nitrogen and oxygen atoms in total. The smallest absolute Gasteiger partial charge is 0.341 e. The lowest BCUT2D eigenvalue weighted by atomic mass is 9.95. The third kappa shape index (κ3) is 5.11. The Bertz CT molecular complexity index is 1340. The van der Waals surface area contributed by atoms with Gasteiger partial charge in [-0.3, -0.25) is 0 Å². The number of aromatic nitrogens is 2. The molecule has 0 amide bonds. The van der Waals surface area contributed by atoms with E-state index in [1.165, 1.54) is 0 Å². The van der Waals surface area contributed by atoms with Gasteiger partial charge in [-0.15, -0.1) is 0 Å². The third-order valence-electron chi connectivity index (χ3n) is 5.50. The zero-order valence-corrected chi connectivity index (χ0v) is 20.6. The minimum atomic E-state index is -1.04. The fourth-order valence-corrected chi connectivity index (χ4v) is 4.14. The fourth-order valence-electron chi connectivity index (χ4n) is 3.83. The standard InChI is InChI=1S/C27H24Cl2N2O3/c1-16(2)19-11-17(3)27(25(12-19)34-15-26(32)33)23-14-24(18-7-9-20(28)10-8-18)31(30-23)22-6-4-5-21(29)13-22/h4-14,16H,15H2,1-3H3,(H,32,33). The van der Waals surface area contributed by atoms with Gasteiger partial charge in [0, 0.05) is 21.2 Å². The maximum absolute atomic E-state index is 11.2. The molecule has 0 fully saturated rings. The molecule has 0 unspecified atom stereocenters. The van der Waals surface area contributed by atoms with Crippen molar-refractivity contribution in [3.05, 3.63) is 87.9 Å². The Balaban J connectivity index is 1.94. The topological polar surface area (TPSA) is 64.3 Å². The van der Waals surface area contributed by atoms with Crippen molar-refractivity contribution in [1.82, 2.24) is 9.78 Å². The van der Waals surface area contributed by atoms with Gasteiger partial charge in [0.1, 0.15) is 5.75 Å². The number of halogens is 2. The van der Waals surface area contributed by atoms with Crippen LogP contribution in [-0.4, -0.2) is 27.5 Å². The fraction of sp³-hybridized carbons (Fsp3) is 0.185. The summed E-state index contributed by atoms with van der Waals surface area (Å²) in [6, 6.07) is 20.9. The van der Waals surface area contributed by atoms with Gasteiger partial charge in [-0.1, -0.05) is 61.3 Å². The molecule has 4 aromatic rings. The number of hydrogen-bond acceptors (Lipinski definition) is 3. The molecule has 1 aromatic heterocycles. The Morgan fingerprint density at radius 3 is 2.41 bits per heavy atom. The molecule has 1 N–H and O–H groups in total. The molecule has 0 saturated carbocycles. The third-order valence-corrected chi connectivity index (χ3v) is 5.98. The lowest BCUT2D eigenvalue weighted by molar-refractivity contribution is -0.139. The van der Waals surface area contributed by atoms with Crippen molar-refractivity contribution in [3.8, 4) is 34.0 Å². The monoisotopic (exact) mass is 494 g/mol. The minimum Gasteiger partial charge on any atom is -0.481 e. The second kappa shape index (κ2) is 9.92. The molecule has 0 saturated heterocycles. The highest BCUT2D eigenvalue weighted by Gasteiger charge is 2.20. The SMILES string of the molecule is Cc1cc(C(C)C)cc(OCC(=O)O)c1-c1cc(-c2ccc(Cl)cc2)n(-c2cccc(Cl)c2)n1. The van der Waals surface area contributed by atoms with Crippen LogP contribution >= 0.6 is 23.2 Å². The Morgan fingerprint density at radius 2 is 1.76 bits per heavy atom. The summed E-state index contributed by atoms with van der Waals surface area (Å²) in [6.45, 7) is 5.71.